The van der Waals surface area contributed by atoms with E-state index in [0.29, 0.717) is 27.6 Å². The van der Waals surface area contributed by atoms with Crippen molar-refractivity contribution in [2.45, 2.75) is 38.7 Å². The van der Waals surface area contributed by atoms with Gasteiger partial charge in [0.25, 0.3) is 5.91 Å². The fourth-order valence-corrected chi connectivity index (χ4v) is 5.79. The minimum atomic E-state index is -2.85. The molecule has 1 aromatic carbocycles. The normalized spacial score (nSPS) is 14.7. The van der Waals surface area contributed by atoms with Crippen molar-refractivity contribution in [3.8, 4) is 22.6 Å². The Hall–Kier alpha value is -3.63. The van der Waals surface area contributed by atoms with Crippen molar-refractivity contribution in [1.82, 2.24) is 15.0 Å². The zero-order chi connectivity index (χ0) is 26.8. The van der Waals surface area contributed by atoms with Crippen LogP contribution in [-0.2, 0) is 12.8 Å². The number of amides is 1. The first-order chi connectivity index (χ1) is 18.3. The first kappa shape index (κ1) is 26.0. The molecule has 0 bridgehead atoms. The molecule has 3 heterocycles. The van der Waals surface area contributed by atoms with Crippen molar-refractivity contribution in [3.05, 3.63) is 81.3 Å². The number of halogens is 3. The Morgan fingerprint density at radius 2 is 1.95 bits per heavy atom. The van der Waals surface area contributed by atoms with E-state index in [-0.39, 0.29) is 22.7 Å². The molecule has 0 spiro atoms. The SMILES string of the molecule is COc1cnc(Cl)cc1-c1cc(C)ncc1C(=O)Nc1nc2c(s1)CC(c1ccc(OC(F)F)cc1)CC2. The number of hydrogen-bond donors (Lipinski definition) is 1. The van der Waals surface area contributed by atoms with Crippen LogP contribution in [0.2, 0.25) is 5.15 Å². The number of alkyl halides is 2. The maximum absolute atomic E-state index is 13.4. The summed E-state index contributed by atoms with van der Waals surface area (Å²) in [5.74, 6) is 0.502. The third kappa shape index (κ3) is 5.61. The topological polar surface area (TPSA) is 86.2 Å². The molecule has 38 heavy (non-hydrogen) atoms. The number of carbonyl (C=O) groups is 1. The maximum atomic E-state index is 13.4. The molecule has 1 amide bonds. The molecule has 5 rings (SSSR count). The second-order valence-electron chi connectivity index (χ2n) is 8.81. The number of rotatable bonds is 7. The van der Waals surface area contributed by atoms with Crippen LogP contribution in [0.5, 0.6) is 11.5 Å². The fourth-order valence-electron chi connectivity index (χ4n) is 4.55. The molecule has 0 saturated carbocycles. The van der Waals surface area contributed by atoms with Crippen LogP contribution in [0.25, 0.3) is 11.1 Å². The molecule has 196 valence electrons. The van der Waals surface area contributed by atoms with Gasteiger partial charge in [-0.15, -0.1) is 11.3 Å². The van der Waals surface area contributed by atoms with E-state index < -0.39 is 6.61 Å². The molecular formula is C27H23ClF2N4O3S. The summed E-state index contributed by atoms with van der Waals surface area (Å²) in [6, 6.07) is 10.2. The van der Waals surface area contributed by atoms with Gasteiger partial charge in [-0.25, -0.2) is 9.97 Å². The highest BCUT2D eigenvalue weighted by atomic mass is 35.5. The van der Waals surface area contributed by atoms with Crippen molar-refractivity contribution < 1.29 is 23.0 Å². The number of aryl methyl sites for hydroxylation is 2. The van der Waals surface area contributed by atoms with Crippen molar-refractivity contribution >= 4 is 34.0 Å². The van der Waals surface area contributed by atoms with Gasteiger partial charge in [0, 0.05) is 27.9 Å². The Kier molecular flexibility index (Phi) is 7.53. The molecule has 0 aliphatic heterocycles. The third-order valence-electron chi connectivity index (χ3n) is 6.37. The van der Waals surface area contributed by atoms with Crippen molar-refractivity contribution in [3.63, 3.8) is 0 Å². The average molecular weight is 557 g/mol. The number of anilines is 1. The number of fused-ring (bicyclic) bond motifs is 1. The summed E-state index contributed by atoms with van der Waals surface area (Å²) in [5, 5.41) is 3.71. The molecule has 7 nitrogen and oxygen atoms in total. The van der Waals surface area contributed by atoms with Crippen LogP contribution in [0.4, 0.5) is 13.9 Å². The van der Waals surface area contributed by atoms with Crippen LogP contribution in [0.1, 0.15) is 44.5 Å². The van der Waals surface area contributed by atoms with E-state index in [2.05, 4.69) is 25.0 Å². The molecule has 0 radical (unpaired) electrons. The molecule has 1 unspecified atom stereocenters. The van der Waals surface area contributed by atoms with E-state index in [1.807, 2.05) is 19.1 Å². The fraction of sp³-hybridized carbons (Fsp3) is 0.259. The van der Waals surface area contributed by atoms with Gasteiger partial charge >= 0.3 is 6.61 Å². The van der Waals surface area contributed by atoms with Gasteiger partial charge in [0.15, 0.2) is 5.13 Å². The van der Waals surface area contributed by atoms with Crippen LogP contribution < -0.4 is 14.8 Å². The first-order valence-electron chi connectivity index (χ1n) is 11.8. The third-order valence-corrected chi connectivity index (χ3v) is 7.61. The molecule has 3 aromatic heterocycles. The standard InChI is InChI=1S/C27H23ClF2N4O3S/c1-14-9-18(19-11-24(28)32-13-22(19)36-2)20(12-31-14)25(35)34-27-33-21-8-5-16(10-23(21)38-27)15-3-6-17(7-4-15)37-26(29)30/h3-4,6-7,9,11-13,16,26H,5,8,10H2,1-2H3,(H,33,34,35). The minimum absolute atomic E-state index is 0.139. The molecular weight excluding hydrogens is 534 g/mol. The maximum Gasteiger partial charge on any atom is 0.387 e. The number of thiazole rings is 1. The van der Waals surface area contributed by atoms with Crippen LogP contribution in [0, 0.1) is 6.92 Å². The smallest absolute Gasteiger partial charge is 0.387 e. The Balaban J connectivity index is 1.35. The summed E-state index contributed by atoms with van der Waals surface area (Å²) in [5.41, 5.74) is 4.36. The van der Waals surface area contributed by atoms with Crippen LogP contribution in [-0.4, -0.2) is 34.6 Å². The quantitative estimate of drug-likeness (QED) is 0.255. The molecule has 1 aliphatic rings. The molecule has 1 atom stereocenters. The number of methoxy groups -OCH3 is 1. The number of hydrogen-bond acceptors (Lipinski definition) is 7. The number of aromatic nitrogens is 3. The largest absolute Gasteiger partial charge is 0.494 e. The van der Waals surface area contributed by atoms with Crippen LogP contribution >= 0.6 is 22.9 Å². The molecule has 4 aromatic rings. The van der Waals surface area contributed by atoms with Gasteiger partial charge in [0.2, 0.25) is 0 Å². The summed E-state index contributed by atoms with van der Waals surface area (Å²) in [6.07, 6.45) is 5.42. The van der Waals surface area contributed by atoms with Gasteiger partial charge in [0.05, 0.1) is 24.6 Å². The lowest BCUT2D eigenvalue weighted by Gasteiger charge is -2.21. The van der Waals surface area contributed by atoms with Crippen molar-refractivity contribution in [1.29, 1.82) is 0 Å². The lowest BCUT2D eigenvalue weighted by molar-refractivity contribution is -0.0498. The second kappa shape index (κ2) is 11.0. The number of benzene rings is 1. The Morgan fingerprint density at radius 1 is 1.16 bits per heavy atom. The average Bonchev–Trinajstić information content (AvgIpc) is 3.30. The summed E-state index contributed by atoms with van der Waals surface area (Å²) in [6.45, 7) is -1.01. The lowest BCUT2D eigenvalue weighted by atomic mass is 9.85. The Bertz CT molecular complexity index is 1480. The summed E-state index contributed by atoms with van der Waals surface area (Å²) in [4.78, 5) is 27.5. The summed E-state index contributed by atoms with van der Waals surface area (Å²) < 4.78 is 34.8. The van der Waals surface area contributed by atoms with E-state index in [9.17, 15) is 13.6 Å². The van der Waals surface area contributed by atoms with Crippen LogP contribution in [0.15, 0.2) is 48.8 Å². The number of ether oxygens (including phenoxy) is 2. The molecule has 11 heteroatoms. The molecule has 1 aliphatic carbocycles. The van der Waals surface area contributed by atoms with E-state index >= 15 is 0 Å². The zero-order valence-corrected chi connectivity index (χ0v) is 22.1. The Labute approximate surface area is 226 Å². The Morgan fingerprint density at radius 3 is 2.68 bits per heavy atom. The zero-order valence-electron chi connectivity index (χ0n) is 20.5. The van der Waals surface area contributed by atoms with E-state index in [1.54, 1.807) is 24.3 Å². The van der Waals surface area contributed by atoms with Gasteiger partial charge in [-0.3, -0.25) is 15.1 Å². The molecule has 0 saturated heterocycles. The predicted molar refractivity (Wildman–Crippen MR) is 142 cm³/mol. The van der Waals surface area contributed by atoms with Crippen LogP contribution in [0.3, 0.4) is 0 Å². The lowest BCUT2D eigenvalue weighted by Crippen LogP contribution is -2.14. The highest BCUT2D eigenvalue weighted by Gasteiger charge is 2.25. The highest BCUT2D eigenvalue weighted by molar-refractivity contribution is 7.15. The van der Waals surface area contributed by atoms with Crippen molar-refractivity contribution in [2.75, 3.05) is 12.4 Å². The number of nitrogens with zero attached hydrogens (tertiary/aromatic N) is 3. The van der Waals surface area contributed by atoms with E-state index in [0.717, 1.165) is 41.1 Å². The van der Waals surface area contributed by atoms with Crippen molar-refractivity contribution in [2.24, 2.45) is 0 Å². The monoisotopic (exact) mass is 556 g/mol. The van der Waals surface area contributed by atoms with E-state index in [4.69, 9.17) is 16.3 Å². The number of nitrogens with one attached hydrogen (secondary N) is 1. The van der Waals surface area contributed by atoms with Gasteiger partial charge in [-0.2, -0.15) is 8.78 Å². The summed E-state index contributed by atoms with van der Waals surface area (Å²) >= 11 is 7.58. The molecule has 0 fully saturated rings. The number of pyridine rings is 2. The van der Waals surface area contributed by atoms with Gasteiger partial charge in [-0.05, 0) is 61.9 Å². The first-order valence-corrected chi connectivity index (χ1v) is 13.0. The molecule has 1 N–H and O–H groups in total. The van der Waals surface area contributed by atoms with E-state index in [1.165, 1.54) is 30.8 Å². The predicted octanol–water partition coefficient (Wildman–Crippen LogP) is 6.70. The highest BCUT2D eigenvalue weighted by Crippen LogP contribution is 2.38. The van der Waals surface area contributed by atoms with Gasteiger partial charge in [-0.1, -0.05) is 23.7 Å². The minimum Gasteiger partial charge on any atom is -0.494 e. The number of carbonyl (C=O) groups excluding carboxylic acids is 1. The summed E-state index contributed by atoms with van der Waals surface area (Å²) in [7, 11) is 1.53. The van der Waals surface area contributed by atoms with Gasteiger partial charge < -0.3 is 9.47 Å². The second-order valence-corrected chi connectivity index (χ2v) is 10.3. The van der Waals surface area contributed by atoms with Gasteiger partial charge in [0.1, 0.15) is 16.7 Å².